The SMILES string of the molecule is CCCCC(=O)NCCc1nnc(S(=O)(=O)Cc2ccccc2)o1. The lowest BCUT2D eigenvalue weighted by Gasteiger charge is -2.02. The van der Waals surface area contributed by atoms with Crippen molar-refractivity contribution in [3.05, 3.63) is 41.8 Å². The van der Waals surface area contributed by atoms with E-state index in [0.29, 0.717) is 24.9 Å². The van der Waals surface area contributed by atoms with Crippen LogP contribution >= 0.6 is 0 Å². The number of benzene rings is 1. The number of nitrogens with zero attached hydrogens (tertiary/aromatic N) is 2. The highest BCUT2D eigenvalue weighted by molar-refractivity contribution is 7.90. The second-order valence-corrected chi connectivity index (χ2v) is 7.28. The van der Waals surface area contributed by atoms with Gasteiger partial charge in [0.1, 0.15) is 0 Å². The minimum Gasteiger partial charge on any atom is -0.412 e. The lowest BCUT2D eigenvalue weighted by molar-refractivity contribution is -0.121. The summed E-state index contributed by atoms with van der Waals surface area (Å²) >= 11 is 0. The van der Waals surface area contributed by atoms with E-state index in [1.54, 1.807) is 24.3 Å². The van der Waals surface area contributed by atoms with E-state index in [9.17, 15) is 13.2 Å². The molecular weight excluding hydrogens is 330 g/mol. The van der Waals surface area contributed by atoms with Crippen LogP contribution in [0.1, 0.15) is 37.6 Å². The molecule has 0 spiro atoms. The van der Waals surface area contributed by atoms with Gasteiger partial charge in [0.15, 0.2) is 0 Å². The summed E-state index contributed by atoms with van der Waals surface area (Å²) in [4.78, 5) is 11.5. The minimum absolute atomic E-state index is 0.0340. The number of hydrogen-bond acceptors (Lipinski definition) is 6. The van der Waals surface area contributed by atoms with E-state index in [-0.39, 0.29) is 17.6 Å². The zero-order valence-electron chi connectivity index (χ0n) is 13.6. The van der Waals surface area contributed by atoms with Crippen LogP contribution < -0.4 is 5.32 Å². The quantitative estimate of drug-likeness (QED) is 0.740. The van der Waals surface area contributed by atoms with E-state index in [4.69, 9.17) is 4.42 Å². The van der Waals surface area contributed by atoms with Gasteiger partial charge in [-0.15, -0.1) is 5.10 Å². The molecule has 130 valence electrons. The molecule has 2 aromatic rings. The van der Waals surface area contributed by atoms with Gasteiger partial charge in [-0.25, -0.2) is 8.42 Å². The van der Waals surface area contributed by atoms with Gasteiger partial charge in [0.2, 0.25) is 21.6 Å². The summed E-state index contributed by atoms with van der Waals surface area (Å²) in [6.07, 6.45) is 2.58. The number of hydrogen-bond donors (Lipinski definition) is 1. The molecular formula is C16H21N3O4S. The molecule has 1 aromatic heterocycles. The fourth-order valence-electron chi connectivity index (χ4n) is 2.05. The van der Waals surface area contributed by atoms with Crippen molar-refractivity contribution in [2.75, 3.05) is 6.54 Å². The minimum atomic E-state index is -3.67. The summed E-state index contributed by atoms with van der Waals surface area (Å²) in [6.45, 7) is 2.35. The summed E-state index contributed by atoms with van der Waals surface area (Å²) in [6, 6.07) is 8.80. The first-order valence-corrected chi connectivity index (χ1v) is 9.52. The van der Waals surface area contributed by atoms with Crippen molar-refractivity contribution >= 4 is 15.7 Å². The predicted molar refractivity (Wildman–Crippen MR) is 87.9 cm³/mol. The number of carbonyl (C=O) groups is 1. The molecule has 1 amide bonds. The van der Waals surface area contributed by atoms with Crippen LogP contribution in [-0.2, 0) is 26.8 Å². The zero-order valence-corrected chi connectivity index (χ0v) is 14.4. The zero-order chi connectivity index (χ0) is 17.4. The fraction of sp³-hybridized carbons (Fsp3) is 0.438. The number of unbranched alkanes of at least 4 members (excludes halogenated alkanes) is 1. The molecule has 0 aliphatic heterocycles. The standard InChI is InChI=1S/C16H21N3O4S/c1-2-3-9-14(20)17-11-10-15-18-19-16(23-15)24(21,22)12-13-7-5-4-6-8-13/h4-8H,2-3,9-12H2,1H3,(H,17,20). The molecule has 0 unspecified atom stereocenters. The summed E-state index contributed by atoms with van der Waals surface area (Å²) in [5, 5.41) is 9.70. The van der Waals surface area contributed by atoms with Gasteiger partial charge in [-0.1, -0.05) is 48.8 Å². The fourth-order valence-corrected chi connectivity index (χ4v) is 3.20. The van der Waals surface area contributed by atoms with Crippen molar-refractivity contribution in [1.29, 1.82) is 0 Å². The van der Waals surface area contributed by atoms with Crippen molar-refractivity contribution in [1.82, 2.24) is 15.5 Å². The van der Waals surface area contributed by atoms with Crippen LogP contribution in [0.15, 0.2) is 40.0 Å². The smallest absolute Gasteiger partial charge is 0.335 e. The van der Waals surface area contributed by atoms with Crippen LogP contribution in [0.4, 0.5) is 0 Å². The van der Waals surface area contributed by atoms with Crippen LogP contribution in [0, 0.1) is 0 Å². The Bertz CT molecular complexity index is 757. The van der Waals surface area contributed by atoms with E-state index in [0.717, 1.165) is 12.8 Å². The summed E-state index contributed by atoms with van der Waals surface area (Å²) < 4.78 is 29.7. The third-order valence-electron chi connectivity index (χ3n) is 3.33. The maximum Gasteiger partial charge on any atom is 0.335 e. The number of nitrogens with one attached hydrogen (secondary N) is 1. The number of carbonyl (C=O) groups excluding carboxylic acids is 1. The highest BCUT2D eigenvalue weighted by atomic mass is 32.2. The Hall–Kier alpha value is -2.22. The Morgan fingerprint density at radius 2 is 1.96 bits per heavy atom. The number of rotatable bonds is 9. The van der Waals surface area contributed by atoms with Gasteiger partial charge < -0.3 is 9.73 Å². The third-order valence-corrected chi connectivity index (χ3v) is 4.74. The van der Waals surface area contributed by atoms with E-state index in [2.05, 4.69) is 15.5 Å². The normalized spacial score (nSPS) is 11.4. The molecule has 8 heteroatoms. The second kappa shape index (κ2) is 8.58. The third kappa shape index (κ3) is 5.45. The van der Waals surface area contributed by atoms with Crippen molar-refractivity contribution < 1.29 is 17.6 Å². The van der Waals surface area contributed by atoms with Crippen LogP contribution in [0.25, 0.3) is 0 Å². The molecule has 24 heavy (non-hydrogen) atoms. The predicted octanol–water partition coefficient (Wildman–Crippen LogP) is 1.89. The Morgan fingerprint density at radius 3 is 2.67 bits per heavy atom. The van der Waals surface area contributed by atoms with E-state index >= 15 is 0 Å². The molecule has 0 fully saturated rings. The lowest BCUT2D eigenvalue weighted by Crippen LogP contribution is -2.25. The number of amides is 1. The van der Waals surface area contributed by atoms with E-state index in [1.165, 1.54) is 0 Å². The van der Waals surface area contributed by atoms with E-state index in [1.807, 2.05) is 13.0 Å². The molecule has 7 nitrogen and oxygen atoms in total. The van der Waals surface area contributed by atoms with Crippen LogP contribution in [0.3, 0.4) is 0 Å². The highest BCUT2D eigenvalue weighted by Crippen LogP contribution is 2.15. The summed E-state index contributed by atoms with van der Waals surface area (Å²) in [5.41, 5.74) is 0.653. The van der Waals surface area contributed by atoms with Gasteiger partial charge in [0.25, 0.3) is 0 Å². The van der Waals surface area contributed by atoms with Gasteiger partial charge in [-0.05, 0) is 12.0 Å². The van der Waals surface area contributed by atoms with Gasteiger partial charge in [-0.3, -0.25) is 4.79 Å². The van der Waals surface area contributed by atoms with Gasteiger partial charge in [0, 0.05) is 19.4 Å². The van der Waals surface area contributed by atoms with Gasteiger partial charge >= 0.3 is 5.22 Å². The van der Waals surface area contributed by atoms with Crippen molar-refractivity contribution in [2.24, 2.45) is 0 Å². The molecule has 0 aliphatic carbocycles. The number of sulfone groups is 1. The van der Waals surface area contributed by atoms with Crippen molar-refractivity contribution in [3.63, 3.8) is 0 Å². The second-order valence-electron chi connectivity index (χ2n) is 5.41. The molecule has 0 saturated carbocycles. The largest absolute Gasteiger partial charge is 0.412 e. The van der Waals surface area contributed by atoms with Gasteiger partial charge in [-0.2, -0.15) is 0 Å². The monoisotopic (exact) mass is 351 g/mol. The first kappa shape index (κ1) is 18.1. The molecule has 0 saturated heterocycles. The van der Waals surface area contributed by atoms with Gasteiger partial charge in [0.05, 0.1) is 5.75 Å². The van der Waals surface area contributed by atoms with Crippen LogP contribution in [0.2, 0.25) is 0 Å². The topological polar surface area (TPSA) is 102 Å². The summed E-state index contributed by atoms with van der Waals surface area (Å²) in [5.74, 6) is -0.0332. The number of aromatic nitrogens is 2. The molecule has 0 aliphatic rings. The van der Waals surface area contributed by atoms with Crippen LogP contribution in [-0.4, -0.2) is 31.1 Å². The molecule has 2 rings (SSSR count). The van der Waals surface area contributed by atoms with Crippen molar-refractivity contribution in [3.8, 4) is 0 Å². The Balaban J connectivity index is 1.89. The first-order chi connectivity index (χ1) is 11.5. The van der Waals surface area contributed by atoms with Crippen molar-refractivity contribution in [2.45, 2.75) is 43.6 Å². The Morgan fingerprint density at radius 1 is 1.21 bits per heavy atom. The average molecular weight is 351 g/mol. The molecule has 0 radical (unpaired) electrons. The Labute approximate surface area is 141 Å². The van der Waals surface area contributed by atoms with E-state index < -0.39 is 15.1 Å². The first-order valence-electron chi connectivity index (χ1n) is 7.87. The maximum atomic E-state index is 12.2. The molecule has 0 atom stereocenters. The summed E-state index contributed by atoms with van der Waals surface area (Å²) in [7, 11) is -3.67. The molecule has 0 bridgehead atoms. The maximum absolute atomic E-state index is 12.2. The average Bonchev–Trinajstić information content (AvgIpc) is 3.03. The highest BCUT2D eigenvalue weighted by Gasteiger charge is 2.22. The Kier molecular flexibility index (Phi) is 6.48. The molecule has 1 aromatic carbocycles. The molecule has 1 heterocycles. The van der Waals surface area contributed by atoms with Crippen LogP contribution in [0.5, 0.6) is 0 Å². The molecule has 1 N–H and O–H groups in total. The lowest BCUT2D eigenvalue weighted by atomic mass is 10.2.